The van der Waals surface area contributed by atoms with Crippen molar-refractivity contribution in [1.82, 2.24) is 9.62 Å². The van der Waals surface area contributed by atoms with Gasteiger partial charge in [0.15, 0.2) is 0 Å². The number of rotatable bonds is 9. The number of nitrogens with one attached hydrogen (secondary N) is 2. The first-order valence-electron chi connectivity index (χ1n) is 12.6. The minimum absolute atomic E-state index is 0.0963. The minimum atomic E-state index is -1.49. The molecule has 0 saturated heterocycles. The number of aromatic hydroxyl groups is 1. The van der Waals surface area contributed by atoms with Crippen molar-refractivity contribution in [2.45, 2.75) is 75.8 Å². The number of ether oxygens (including phenoxy) is 1. The van der Waals surface area contributed by atoms with E-state index >= 15 is 0 Å². The number of alkyl carbamates (subject to hydrolysis) is 1. The maximum Gasteiger partial charge on any atom is 0.407 e. The molecule has 202 valence electrons. The highest BCUT2D eigenvalue weighted by molar-refractivity contribution is 7.82. The summed E-state index contributed by atoms with van der Waals surface area (Å²) in [5.41, 5.74) is -0.0477. The number of phenols is 1. The third kappa shape index (κ3) is 9.02. The zero-order valence-electron chi connectivity index (χ0n) is 21.6. The Morgan fingerprint density at radius 3 is 2.57 bits per heavy atom. The second-order valence-electron chi connectivity index (χ2n) is 10.1. The van der Waals surface area contributed by atoms with Gasteiger partial charge in [0.1, 0.15) is 22.3 Å². The number of anilines is 1. The van der Waals surface area contributed by atoms with E-state index in [1.165, 1.54) is 24.6 Å². The highest BCUT2D eigenvalue weighted by Crippen LogP contribution is 2.28. The molecule has 3 N–H and O–H groups in total. The topological polar surface area (TPSA) is 108 Å². The molecular weight excluding hydrogens is 514 g/mol. The number of hydrogen-bond donors (Lipinski definition) is 3. The predicted octanol–water partition coefficient (Wildman–Crippen LogP) is 5.87. The van der Waals surface area contributed by atoms with Crippen LogP contribution in [0, 0.1) is 0 Å². The molecule has 0 bridgehead atoms. The van der Waals surface area contributed by atoms with Gasteiger partial charge in [0.25, 0.3) is 5.91 Å². The van der Waals surface area contributed by atoms with Gasteiger partial charge in [0.2, 0.25) is 0 Å². The molecular formula is C27H36ClN3O5S. The smallest absolute Gasteiger partial charge is 0.407 e. The summed E-state index contributed by atoms with van der Waals surface area (Å²) in [6.45, 7) is 6.37. The molecule has 2 amide bonds. The molecule has 1 aliphatic rings. The van der Waals surface area contributed by atoms with Gasteiger partial charge in [-0.3, -0.25) is 4.79 Å². The summed E-state index contributed by atoms with van der Waals surface area (Å²) in [7, 11) is -1.49. The van der Waals surface area contributed by atoms with Crippen LogP contribution >= 0.6 is 11.6 Å². The number of nitrogens with zero attached hydrogens (tertiary/aromatic N) is 1. The first-order chi connectivity index (χ1) is 17.5. The number of carbonyl (C=O) groups is 2. The SMILES string of the molecule is CC(C)(C)OC(=O)NCCCN(C1CCCCC1)S(=O)c1cccc(C(=O)Nc2cc(Cl)ccc2O)c1. The van der Waals surface area contributed by atoms with Gasteiger partial charge in [-0.1, -0.05) is 36.9 Å². The Hall–Kier alpha value is -2.62. The molecule has 8 nitrogen and oxygen atoms in total. The van der Waals surface area contributed by atoms with E-state index in [9.17, 15) is 18.9 Å². The second kappa shape index (κ2) is 13.3. The van der Waals surface area contributed by atoms with Gasteiger partial charge in [0, 0.05) is 29.7 Å². The molecule has 1 fully saturated rings. The molecule has 0 aromatic heterocycles. The zero-order valence-corrected chi connectivity index (χ0v) is 23.2. The number of amides is 2. The maximum absolute atomic E-state index is 13.7. The van der Waals surface area contributed by atoms with E-state index in [1.807, 2.05) is 25.1 Å². The van der Waals surface area contributed by atoms with E-state index in [0.29, 0.717) is 35.0 Å². The summed E-state index contributed by atoms with van der Waals surface area (Å²) in [5, 5.41) is 15.8. The monoisotopic (exact) mass is 549 g/mol. The van der Waals surface area contributed by atoms with E-state index in [4.69, 9.17) is 16.3 Å². The molecule has 1 unspecified atom stereocenters. The van der Waals surface area contributed by atoms with Crippen LogP contribution in [0.4, 0.5) is 10.5 Å². The number of halogens is 1. The summed E-state index contributed by atoms with van der Waals surface area (Å²) in [6, 6.07) is 11.3. The van der Waals surface area contributed by atoms with Gasteiger partial charge in [-0.15, -0.1) is 0 Å². The van der Waals surface area contributed by atoms with Crippen molar-refractivity contribution >= 4 is 40.3 Å². The lowest BCUT2D eigenvalue weighted by Crippen LogP contribution is -2.40. The lowest BCUT2D eigenvalue weighted by molar-refractivity contribution is 0.0526. The Morgan fingerprint density at radius 2 is 1.86 bits per heavy atom. The minimum Gasteiger partial charge on any atom is -0.506 e. The van der Waals surface area contributed by atoms with Crippen LogP contribution in [0.3, 0.4) is 0 Å². The quantitative estimate of drug-likeness (QED) is 0.268. The van der Waals surface area contributed by atoms with Crippen LogP contribution in [0.5, 0.6) is 5.75 Å². The fraction of sp³-hybridized carbons (Fsp3) is 0.481. The fourth-order valence-corrected chi connectivity index (χ4v) is 5.84. The number of carbonyl (C=O) groups excluding carboxylic acids is 2. The van der Waals surface area contributed by atoms with E-state index in [0.717, 1.165) is 25.7 Å². The molecule has 0 heterocycles. The standard InChI is InChI=1S/C27H36ClN3O5S/c1-27(2,3)36-26(34)29-15-8-16-31(21-10-5-4-6-11-21)37(35)22-12-7-9-19(17-22)25(33)30-23-18-20(28)13-14-24(23)32/h7,9,12-14,17-18,21,32H,4-6,8,10-11,15-16H2,1-3H3,(H,29,34)(H,30,33). The molecule has 1 saturated carbocycles. The number of hydrogen-bond acceptors (Lipinski definition) is 5. The summed E-state index contributed by atoms with van der Waals surface area (Å²) in [5.74, 6) is -0.539. The molecule has 0 spiro atoms. The van der Waals surface area contributed by atoms with Gasteiger partial charge in [0.05, 0.1) is 10.6 Å². The van der Waals surface area contributed by atoms with Crippen LogP contribution < -0.4 is 10.6 Å². The van der Waals surface area contributed by atoms with Crippen LogP contribution in [-0.4, -0.2) is 50.4 Å². The van der Waals surface area contributed by atoms with E-state index in [1.54, 1.807) is 24.3 Å². The Balaban J connectivity index is 1.69. The molecule has 0 aliphatic heterocycles. The van der Waals surface area contributed by atoms with E-state index in [2.05, 4.69) is 10.6 Å². The Kier molecular flexibility index (Phi) is 10.4. The summed E-state index contributed by atoms with van der Waals surface area (Å²) >= 11 is 5.98. The van der Waals surface area contributed by atoms with Crippen molar-refractivity contribution in [3.8, 4) is 5.75 Å². The summed E-state index contributed by atoms with van der Waals surface area (Å²) < 4.78 is 21.0. The van der Waals surface area contributed by atoms with Crippen molar-refractivity contribution in [3.63, 3.8) is 0 Å². The van der Waals surface area contributed by atoms with Crippen molar-refractivity contribution in [3.05, 3.63) is 53.1 Å². The summed E-state index contributed by atoms with van der Waals surface area (Å²) in [6.07, 6.45) is 5.39. The van der Waals surface area contributed by atoms with Gasteiger partial charge in [-0.2, -0.15) is 0 Å². The molecule has 0 radical (unpaired) electrons. The first-order valence-corrected chi connectivity index (χ1v) is 14.1. The van der Waals surface area contributed by atoms with Gasteiger partial charge in [-0.05, 0) is 76.4 Å². The molecule has 10 heteroatoms. The number of benzene rings is 2. The van der Waals surface area contributed by atoms with Crippen LogP contribution in [0.15, 0.2) is 47.4 Å². The highest BCUT2D eigenvalue weighted by Gasteiger charge is 2.27. The Labute approximate surface area is 226 Å². The largest absolute Gasteiger partial charge is 0.506 e. The summed E-state index contributed by atoms with van der Waals surface area (Å²) in [4.78, 5) is 25.4. The predicted molar refractivity (Wildman–Crippen MR) is 146 cm³/mol. The lowest BCUT2D eigenvalue weighted by Gasteiger charge is -2.33. The molecule has 3 rings (SSSR count). The highest BCUT2D eigenvalue weighted by atomic mass is 35.5. The van der Waals surface area contributed by atoms with E-state index < -0.39 is 28.6 Å². The fourth-order valence-electron chi connectivity index (χ4n) is 4.19. The van der Waals surface area contributed by atoms with E-state index in [-0.39, 0.29) is 17.5 Å². The van der Waals surface area contributed by atoms with Crippen LogP contribution in [-0.2, 0) is 15.7 Å². The van der Waals surface area contributed by atoms with Crippen LogP contribution in [0.1, 0.15) is 69.7 Å². The maximum atomic E-state index is 13.7. The third-order valence-corrected chi connectivity index (χ3v) is 7.72. The molecule has 1 atom stereocenters. The zero-order chi connectivity index (χ0) is 27.0. The van der Waals surface area contributed by atoms with Gasteiger partial charge < -0.3 is 20.5 Å². The van der Waals surface area contributed by atoms with Crippen molar-refractivity contribution in [2.24, 2.45) is 0 Å². The van der Waals surface area contributed by atoms with Gasteiger partial charge in [-0.25, -0.2) is 13.3 Å². The third-order valence-electron chi connectivity index (χ3n) is 5.92. The lowest BCUT2D eigenvalue weighted by atomic mass is 9.95. The average Bonchev–Trinajstić information content (AvgIpc) is 2.85. The average molecular weight is 550 g/mol. The Bertz CT molecular complexity index is 1120. The van der Waals surface area contributed by atoms with Crippen molar-refractivity contribution < 1.29 is 23.6 Å². The van der Waals surface area contributed by atoms with Gasteiger partial charge >= 0.3 is 6.09 Å². The van der Waals surface area contributed by atoms with Crippen molar-refractivity contribution in [2.75, 3.05) is 18.4 Å². The molecule has 2 aromatic carbocycles. The normalized spacial score (nSPS) is 15.3. The number of phenolic OH excluding ortho intramolecular Hbond substituents is 1. The second-order valence-corrected chi connectivity index (χ2v) is 12.0. The molecule has 2 aromatic rings. The molecule has 1 aliphatic carbocycles. The first kappa shape index (κ1) is 28.9. The van der Waals surface area contributed by atoms with Crippen molar-refractivity contribution in [1.29, 1.82) is 0 Å². The van der Waals surface area contributed by atoms with Crippen LogP contribution in [0.2, 0.25) is 5.02 Å². The van der Waals surface area contributed by atoms with Crippen LogP contribution in [0.25, 0.3) is 0 Å². The Morgan fingerprint density at radius 1 is 1.14 bits per heavy atom. The molecule has 37 heavy (non-hydrogen) atoms.